The van der Waals surface area contributed by atoms with Crippen LogP contribution in [-0.4, -0.2) is 66.1 Å². The summed E-state index contributed by atoms with van der Waals surface area (Å²) in [7, 11) is 3.16. The summed E-state index contributed by atoms with van der Waals surface area (Å²) in [5.41, 5.74) is 2.84. The summed E-state index contributed by atoms with van der Waals surface area (Å²) in [5.74, 6) is 0.575. The first kappa shape index (κ1) is 29.7. The lowest BCUT2D eigenvalue weighted by Gasteiger charge is -2.21. The van der Waals surface area contributed by atoms with Gasteiger partial charge >= 0.3 is 0 Å². The number of aromatic nitrogens is 1. The quantitative estimate of drug-likeness (QED) is 0.469. The molecule has 0 unspecified atom stereocenters. The molecule has 6 heterocycles. The maximum atomic E-state index is 13.6. The van der Waals surface area contributed by atoms with Crippen LogP contribution in [-0.2, 0) is 29.6 Å². The summed E-state index contributed by atoms with van der Waals surface area (Å²) < 4.78 is 18.9. The molecule has 0 aliphatic carbocycles. The number of nitrogens with zero attached hydrogens (tertiary/aromatic N) is 2. The maximum absolute atomic E-state index is 13.6. The van der Waals surface area contributed by atoms with E-state index in [1.165, 1.54) is 11.7 Å². The molecule has 5 aliphatic rings. The molecule has 1 aromatic heterocycles. The fourth-order valence-electron chi connectivity index (χ4n) is 5.37. The maximum Gasteiger partial charge on any atom is 0.263 e. The van der Waals surface area contributed by atoms with Crippen LogP contribution < -0.4 is 30.4 Å². The zero-order valence-corrected chi connectivity index (χ0v) is 24.8. The molecule has 3 amide bonds. The number of amides is 3. The van der Waals surface area contributed by atoms with Crippen molar-refractivity contribution in [2.75, 3.05) is 26.8 Å². The van der Waals surface area contributed by atoms with E-state index in [-0.39, 0.29) is 49.1 Å². The van der Waals surface area contributed by atoms with E-state index in [0.717, 1.165) is 16.8 Å². The third kappa shape index (κ3) is 6.66. The molecule has 3 aromatic rings. The summed E-state index contributed by atoms with van der Waals surface area (Å²) in [4.78, 5) is 53.8. The van der Waals surface area contributed by atoms with E-state index in [4.69, 9.17) is 14.2 Å². The van der Waals surface area contributed by atoms with Gasteiger partial charge in [0, 0.05) is 32.3 Å². The lowest BCUT2D eigenvalue weighted by Crippen LogP contribution is -2.45. The van der Waals surface area contributed by atoms with Crippen molar-refractivity contribution in [1.29, 1.82) is 0 Å². The highest BCUT2D eigenvalue weighted by Gasteiger charge is 2.39. The fraction of sp³-hybridized carbons (Fsp3) is 0.375. The molecular formula is C32H36N4O7. The van der Waals surface area contributed by atoms with E-state index in [0.29, 0.717) is 35.8 Å². The molecule has 0 spiro atoms. The largest absolute Gasteiger partial charge is 0.493 e. The summed E-state index contributed by atoms with van der Waals surface area (Å²) in [6.07, 6.45) is 0.0780. The number of aryl methyl sites for hydroxylation is 3. The first-order valence-corrected chi connectivity index (χ1v) is 14.2. The molecular weight excluding hydrogens is 552 g/mol. The number of likely N-dealkylation sites (tertiary alicyclic amines) is 1. The average Bonchev–Trinajstić information content (AvgIpc) is 3.38. The van der Waals surface area contributed by atoms with Crippen LogP contribution in [0, 0.1) is 13.8 Å². The summed E-state index contributed by atoms with van der Waals surface area (Å²) in [6, 6.07) is 13.9. The second-order valence-electron chi connectivity index (χ2n) is 10.9. The Hall–Kier alpha value is -4.80. The molecule has 11 heteroatoms. The van der Waals surface area contributed by atoms with Crippen LogP contribution in [0.15, 0.2) is 53.3 Å². The zero-order chi connectivity index (χ0) is 30.7. The SMILES string of the molecule is COc1cc2ccc1OCC(=O)NCc1ccc(cc1)O[C@H]1CN(C(=O)c3c(C)cc(C)n(C)c3=O)C[C@@H]1NC(=O)CC2. The van der Waals surface area contributed by atoms with Crippen molar-refractivity contribution < 1.29 is 28.6 Å². The molecule has 1 fully saturated rings. The minimum atomic E-state index is -0.546. The highest BCUT2D eigenvalue weighted by molar-refractivity contribution is 5.95. The van der Waals surface area contributed by atoms with Crippen LogP contribution in [0.4, 0.5) is 0 Å². The first-order valence-electron chi connectivity index (χ1n) is 14.2. The number of rotatable bonds is 2. The molecule has 5 aliphatic heterocycles. The molecule has 0 saturated carbocycles. The second-order valence-corrected chi connectivity index (χ2v) is 10.9. The Labute approximate surface area is 249 Å². The molecule has 43 heavy (non-hydrogen) atoms. The van der Waals surface area contributed by atoms with Crippen LogP contribution >= 0.6 is 0 Å². The first-order chi connectivity index (χ1) is 20.6. The molecule has 2 atom stereocenters. The van der Waals surface area contributed by atoms with E-state index in [1.54, 1.807) is 43.1 Å². The van der Waals surface area contributed by atoms with Gasteiger partial charge in [-0.25, -0.2) is 0 Å². The number of ether oxygens (including phenoxy) is 3. The topological polar surface area (TPSA) is 128 Å². The van der Waals surface area contributed by atoms with Crippen molar-refractivity contribution in [3.05, 3.63) is 86.8 Å². The van der Waals surface area contributed by atoms with Crippen molar-refractivity contribution in [2.24, 2.45) is 7.05 Å². The Morgan fingerprint density at radius 2 is 1.70 bits per heavy atom. The smallest absolute Gasteiger partial charge is 0.263 e. The van der Waals surface area contributed by atoms with E-state index in [1.807, 2.05) is 31.2 Å². The lowest BCUT2D eigenvalue weighted by molar-refractivity contribution is -0.123. The molecule has 226 valence electrons. The van der Waals surface area contributed by atoms with Gasteiger partial charge < -0.3 is 34.3 Å². The van der Waals surface area contributed by atoms with Gasteiger partial charge in [-0.2, -0.15) is 0 Å². The summed E-state index contributed by atoms with van der Waals surface area (Å²) in [6.45, 7) is 4.08. The molecule has 0 radical (unpaired) electrons. The van der Waals surface area contributed by atoms with E-state index in [9.17, 15) is 19.2 Å². The number of benzene rings is 2. The number of carbonyl (C=O) groups excluding carboxylic acids is 3. The van der Waals surface area contributed by atoms with Crippen LogP contribution in [0.5, 0.6) is 17.2 Å². The predicted octanol–water partition coefficient (Wildman–Crippen LogP) is 2.04. The van der Waals surface area contributed by atoms with Gasteiger partial charge in [0.15, 0.2) is 18.1 Å². The van der Waals surface area contributed by atoms with Crippen molar-refractivity contribution in [3.8, 4) is 17.2 Å². The Morgan fingerprint density at radius 3 is 2.44 bits per heavy atom. The monoisotopic (exact) mass is 588 g/mol. The van der Waals surface area contributed by atoms with Crippen molar-refractivity contribution in [3.63, 3.8) is 0 Å². The highest BCUT2D eigenvalue weighted by atomic mass is 16.5. The number of nitrogens with one attached hydrogen (secondary N) is 2. The van der Waals surface area contributed by atoms with Gasteiger partial charge in [-0.05, 0) is 67.3 Å². The summed E-state index contributed by atoms with van der Waals surface area (Å²) >= 11 is 0. The molecule has 2 N–H and O–H groups in total. The van der Waals surface area contributed by atoms with Crippen LogP contribution in [0.3, 0.4) is 0 Å². The molecule has 2 aromatic carbocycles. The Balaban J connectivity index is 1.41. The van der Waals surface area contributed by atoms with E-state index >= 15 is 0 Å². The van der Waals surface area contributed by atoms with E-state index < -0.39 is 18.1 Å². The predicted molar refractivity (Wildman–Crippen MR) is 159 cm³/mol. The molecule has 8 rings (SSSR count). The molecule has 11 nitrogen and oxygen atoms in total. The number of methoxy groups -OCH3 is 1. The standard InChI is InChI=1S/C32H36N4O7/c1-19-13-20(2)35(3)31(39)30(19)32(40)36-16-24-27(17-36)43-23-9-5-22(6-10-23)15-33-29(38)18-42-25-11-7-21(14-26(25)41-4)8-12-28(37)34-24/h5-7,9-11,13-14,24,27H,8,12,15-18H2,1-4H3,(H,33,38)(H,34,37)/t24-,27-/m0/s1. The number of hydrogen-bond acceptors (Lipinski definition) is 7. The van der Waals surface area contributed by atoms with Gasteiger partial charge in [0.1, 0.15) is 17.4 Å². The number of hydrogen-bond donors (Lipinski definition) is 2. The highest BCUT2D eigenvalue weighted by Crippen LogP contribution is 2.29. The van der Waals surface area contributed by atoms with Crippen LogP contribution in [0.1, 0.15) is 39.2 Å². The van der Waals surface area contributed by atoms with Gasteiger partial charge in [0.2, 0.25) is 5.91 Å². The molecule has 4 bridgehead atoms. The van der Waals surface area contributed by atoms with Crippen molar-refractivity contribution >= 4 is 17.7 Å². The average molecular weight is 589 g/mol. The van der Waals surface area contributed by atoms with E-state index in [2.05, 4.69) is 10.6 Å². The minimum absolute atomic E-state index is 0.115. The van der Waals surface area contributed by atoms with Gasteiger partial charge in [-0.1, -0.05) is 18.2 Å². The normalized spacial score (nSPS) is 19.1. The van der Waals surface area contributed by atoms with Gasteiger partial charge in [0.05, 0.1) is 19.7 Å². The van der Waals surface area contributed by atoms with Crippen molar-refractivity contribution in [1.82, 2.24) is 20.1 Å². The van der Waals surface area contributed by atoms with Crippen LogP contribution in [0.25, 0.3) is 0 Å². The molecule has 1 saturated heterocycles. The Morgan fingerprint density at radius 1 is 0.953 bits per heavy atom. The number of pyridine rings is 1. The second kappa shape index (κ2) is 12.6. The van der Waals surface area contributed by atoms with Gasteiger partial charge in [-0.3, -0.25) is 19.2 Å². The Kier molecular flexibility index (Phi) is 8.70. The van der Waals surface area contributed by atoms with Gasteiger partial charge in [-0.15, -0.1) is 0 Å². The van der Waals surface area contributed by atoms with Crippen molar-refractivity contribution in [2.45, 2.75) is 45.4 Å². The van der Waals surface area contributed by atoms with Gasteiger partial charge in [0.25, 0.3) is 17.4 Å². The lowest BCUT2D eigenvalue weighted by atomic mass is 10.1. The third-order valence-electron chi connectivity index (χ3n) is 7.91. The Bertz CT molecular complexity index is 1600. The van der Waals surface area contributed by atoms with Crippen LogP contribution in [0.2, 0.25) is 0 Å². The third-order valence-corrected chi connectivity index (χ3v) is 7.91. The summed E-state index contributed by atoms with van der Waals surface area (Å²) in [5, 5.41) is 5.90. The fourth-order valence-corrected chi connectivity index (χ4v) is 5.37. The zero-order valence-electron chi connectivity index (χ0n) is 24.8. The number of carbonyl (C=O) groups is 3. The minimum Gasteiger partial charge on any atom is -0.493 e.